The highest BCUT2D eigenvalue weighted by Crippen LogP contribution is 2.09. The van der Waals surface area contributed by atoms with Crippen LogP contribution >= 0.6 is 0 Å². The number of rotatable bonds is 5. The standard InChI is InChI=1S/C13H24NO/c1-5-6-7-8-9-12-10-14(11-15-12)13(2,3)4/h10-11H,5-9H2,1-4H3/q+1. The fourth-order valence-corrected chi connectivity index (χ4v) is 1.54. The second kappa shape index (κ2) is 5.34. The molecule has 86 valence electrons. The Balaban J connectivity index is 2.40. The molecule has 0 aliphatic carbocycles. The Morgan fingerprint density at radius 1 is 1.20 bits per heavy atom. The van der Waals surface area contributed by atoms with Crippen LogP contribution in [-0.2, 0) is 12.0 Å². The van der Waals surface area contributed by atoms with Crippen molar-refractivity contribution in [3.63, 3.8) is 0 Å². The van der Waals surface area contributed by atoms with Crippen LogP contribution in [0.4, 0.5) is 0 Å². The van der Waals surface area contributed by atoms with Crippen molar-refractivity contribution in [2.24, 2.45) is 0 Å². The molecular weight excluding hydrogens is 186 g/mol. The molecule has 1 aromatic rings. The highest BCUT2D eigenvalue weighted by Gasteiger charge is 2.23. The minimum Gasteiger partial charge on any atom is -0.409 e. The van der Waals surface area contributed by atoms with Crippen molar-refractivity contribution < 1.29 is 8.98 Å². The minimum absolute atomic E-state index is 0.130. The largest absolute Gasteiger partial charge is 0.409 e. The monoisotopic (exact) mass is 210 g/mol. The molecule has 0 spiro atoms. The third-order valence-electron chi connectivity index (χ3n) is 2.65. The first-order valence-electron chi connectivity index (χ1n) is 6.03. The molecule has 0 bridgehead atoms. The molecule has 0 aromatic carbocycles. The molecule has 0 amide bonds. The Hall–Kier alpha value is -0.790. The van der Waals surface area contributed by atoms with E-state index in [-0.39, 0.29) is 5.54 Å². The molecule has 0 unspecified atom stereocenters. The maximum absolute atomic E-state index is 5.53. The highest BCUT2D eigenvalue weighted by atomic mass is 16.3. The van der Waals surface area contributed by atoms with Crippen LogP contribution in [0.1, 0.15) is 59.1 Å². The van der Waals surface area contributed by atoms with Crippen LogP contribution in [0.3, 0.4) is 0 Å². The summed E-state index contributed by atoms with van der Waals surface area (Å²) < 4.78 is 7.68. The fraction of sp³-hybridized carbons (Fsp3) is 0.769. The van der Waals surface area contributed by atoms with Crippen molar-refractivity contribution in [1.29, 1.82) is 0 Å². The van der Waals surface area contributed by atoms with Crippen molar-refractivity contribution >= 4 is 0 Å². The number of oxazole rings is 1. The molecule has 0 atom stereocenters. The maximum Gasteiger partial charge on any atom is 0.335 e. The van der Waals surface area contributed by atoms with E-state index in [9.17, 15) is 0 Å². The van der Waals surface area contributed by atoms with Gasteiger partial charge >= 0.3 is 6.39 Å². The van der Waals surface area contributed by atoms with Gasteiger partial charge in [-0.25, -0.2) is 0 Å². The lowest BCUT2D eigenvalue weighted by atomic mass is 10.1. The number of aryl methyl sites for hydroxylation is 1. The minimum atomic E-state index is 0.130. The van der Waals surface area contributed by atoms with Crippen LogP contribution in [0.2, 0.25) is 0 Å². The molecule has 0 aliphatic heterocycles. The first-order valence-corrected chi connectivity index (χ1v) is 6.03. The average molecular weight is 210 g/mol. The summed E-state index contributed by atoms with van der Waals surface area (Å²) >= 11 is 0. The molecule has 0 saturated carbocycles. The van der Waals surface area contributed by atoms with E-state index in [0.29, 0.717) is 0 Å². The summed E-state index contributed by atoms with van der Waals surface area (Å²) in [5, 5.41) is 0. The number of aromatic nitrogens is 1. The number of nitrogens with zero attached hydrogens (tertiary/aromatic N) is 1. The smallest absolute Gasteiger partial charge is 0.335 e. The van der Waals surface area contributed by atoms with E-state index in [1.54, 1.807) is 0 Å². The predicted molar refractivity (Wildman–Crippen MR) is 61.7 cm³/mol. The Bertz CT molecular complexity index is 283. The lowest BCUT2D eigenvalue weighted by Crippen LogP contribution is -2.48. The molecule has 1 aromatic heterocycles. The first kappa shape index (κ1) is 12.3. The molecule has 0 fully saturated rings. The topological polar surface area (TPSA) is 17.0 Å². The summed E-state index contributed by atoms with van der Waals surface area (Å²) in [6.45, 7) is 8.79. The average Bonchev–Trinajstić information content (AvgIpc) is 2.60. The number of unbranched alkanes of at least 4 members (excludes halogenated alkanes) is 3. The number of hydrogen-bond acceptors (Lipinski definition) is 1. The van der Waals surface area contributed by atoms with Gasteiger partial charge in [-0.15, -0.1) is 0 Å². The normalized spacial score (nSPS) is 12.0. The maximum atomic E-state index is 5.53. The van der Waals surface area contributed by atoms with Gasteiger partial charge in [0.1, 0.15) is 0 Å². The summed E-state index contributed by atoms with van der Waals surface area (Å²) in [5.74, 6) is 1.11. The molecule has 15 heavy (non-hydrogen) atoms. The molecule has 2 heteroatoms. The molecule has 0 saturated heterocycles. The van der Waals surface area contributed by atoms with E-state index in [1.807, 2.05) is 6.39 Å². The van der Waals surface area contributed by atoms with Gasteiger partial charge in [-0.1, -0.05) is 26.2 Å². The van der Waals surface area contributed by atoms with E-state index in [0.717, 1.165) is 12.2 Å². The Morgan fingerprint density at radius 2 is 1.93 bits per heavy atom. The van der Waals surface area contributed by atoms with Gasteiger partial charge in [0.15, 0.2) is 11.3 Å². The van der Waals surface area contributed by atoms with E-state index in [2.05, 4.69) is 38.5 Å². The Morgan fingerprint density at radius 3 is 2.47 bits per heavy atom. The zero-order chi connectivity index (χ0) is 11.3. The lowest BCUT2D eigenvalue weighted by molar-refractivity contribution is -0.756. The second-order valence-corrected chi connectivity index (χ2v) is 5.21. The van der Waals surface area contributed by atoms with Gasteiger partial charge in [0, 0.05) is 27.2 Å². The van der Waals surface area contributed by atoms with Crippen LogP contribution in [0.25, 0.3) is 0 Å². The van der Waals surface area contributed by atoms with Crippen molar-refractivity contribution in [3.8, 4) is 0 Å². The predicted octanol–water partition coefficient (Wildman–Crippen LogP) is 3.44. The van der Waals surface area contributed by atoms with E-state index in [4.69, 9.17) is 4.42 Å². The van der Waals surface area contributed by atoms with Gasteiger partial charge in [0.05, 0.1) is 0 Å². The third-order valence-corrected chi connectivity index (χ3v) is 2.65. The van der Waals surface area contributed by atoms with Gasteiger partial charge in [0.2, 0.25) is 6.20 Å². The molecule has 0 radical (unpaired) electrons. The zero-order valence-electron chi connectivity index (χ0n) is 10.5. The zero-order valence-corrected chi connectivity index (χ0v) is 10.5. The van der Waals surface area contributed by atoms with Crippen LogP contribution < -0.4 is 4.57 Å². The third kappa shape index (κ3) is 4.06. The highest BCUT2D eigenvalue weighted by molar-refractivity contribution is 4.84. The summed E-state index contributed by atoms with van der Waals surface area (Å²) in [6, 6.07) is 0. The van der Waals surface area contributed by atoms with Crippen molar-refractivity contribution in [2.75, 3.05) is 0 Å². The van der Waals surface area contributed by atoms with E-state index < -0.39 is 0 Å². The van der Waals surface area contributed by atoms with Crippen LogP contribution in [-0.4, -0.2) is 0 Å². The van der Waals surface area contributed by atoms with Crippen molar-refractivity contribution in [2.45, 2.75) is 65.3 Å². The van der Waals surface area contributed by atoms with Crippen molar-refractivity contribution in [1.82, 2.24) is 0 Å². The van der Waals surface area contributed by atoms with Gasteiger partial charge in [0.25, 0.3) is 0 Å². The fourth-order valence-electron chi connectivity index (χ4n) is 1.54. The molecule has 0 N–H and O–H groups in total. The molecule has 1 rings (SSSR count). The Kier molecular flexibility index (Phi) is 4.37. The summed E-state index contributed by atoms with van der Waals surface area (Å²) in [5.41, 5.74) is 0.130. The molecule has 1 heterocycles. The first-order chi connectivity index (χ1) is 7.04. The van der Waals surface area contributed by atoms with Gasteiger partial charge < -0.3 is 4.42 Å². The summed E-state index contributed by atoms with van der Waals surface area (Å²) in [4.78, 5) is 0. The van der Waals surface area contributed by atoms with E-state index in [1.165, 1.54) is 25.7 Å². The lowest BCUT2D eigenvalue weighted by Gasteiger charge is -2.07. The quantitative estimate of drug-likeness (QED) is 0.537. The summed E-state index contributed by atoms with van der Waals surface area (Å²) in [7, 11) is 0. The van der Waals surface area contributed by atoms with Crippen LogP contribution in [0.5, 0.6) is 0 Å². The molecule has 2 nitrogen and oxygen atoms in total. The molecular formula is C13H24NO+. The Labute approximate surface area is 93.3 Å². The van der Waals surface area contributed by atoms with Gasteiger partial charge in [-0.3, -0.25) is 0 Å². The van der Waals surface area contributed by atoms with Gasteiger partial charge in [-0.2, -0.15) is 4.57 Å². The van der Waals surface area contributed by atoms with Gasteiger partial charge in [-0.05, 0) is 6.42 Å². The molecule has 0 aliphatic rings. The van der Waals surface area contributed by atoms with E-state index >= 15 is 0 Å². The van der Waals surface area contributed by atoms with Crippen LogP contribution in [0.15, 0.2) is 17.0 Å². The van der Waals surface area contributed by atoms with Crippen LogP contribution in [0, 0.1) is 0 Å². The summed E-state index contributed by atoms with van der Waals surface area (Å²) in [6.07, 6.45) is 10.2. The SMILES string of the molecule is CCCCCCc1c[n+](C(C)(C)C)co1. The second-order valence-electron chi connectivity index (χ2n) is 5.21. The number of hydrogen-bond donors (Lipinski definition) is 0. The van der Waals surface area contributed by atoms with Crippen molar-refractivity contribution in [3.05, 3.63) is 18.4 Å².